The predicted molar refractivity (Wildman–Crippen MR) is 76.3 cm³/mol. The maximum absolute atomic E-state index is 10.8. The molecule has 18 heavy (non-hydrogen) atoms. The average Bonchev–Trinajstić information content (AvgIpc) is 2.93. The van der Waals surface area contributed by atoms with Crippen molar-refractivity contribution in [1.82, 2.24) is 0 Å². The second kappa shape index (κ2) is 6.38. The molecule has 3 N–H and O–H groups in total. The lowest BCUT2D eigenvalue weighted by Crippen LogP contribution is -2.47. The maximum Gasteiger partial charge on any atom is 0.0636 e. The topological polar surface area (TPSA) is 46.2 Å². The molecular weight excluding hydrogens is 222 g/mol. The third-order valence-corrected chi connectivity index (χ3v) is 5.68. The molecule has 2 heteroatoms. The van der Waals surface area contributed by atoms with Crippen LogP contribution in [0.25, 0.3) is 0 Å². The molecular formula is C16H31NO. The molecule has 2 aliphatic carbocycles. The van der Waals surface area contributed by atoms with Crippen LogP contribution in [-0.2, 0) is 0 Å². The standard InChI is InChI=1S/C16H31NO/c1-2-5-13-8-10-16(12-17,11-9-13)15(18)14-6-3-4-7-14/h13-15,18H,2-12,17H2,1H3. The maximum atomic E-state index is 10.8. The van der Waals surface area contributed by atoms with E-state index in [0.717, 1.165) is 18.8 Å². The second-order valence-corrected chi connectivity index (χ2v) is 6.79. The van der Waals surface area contributed by atoms with Crippen molar-refractivity contribution in [2.45, 2.75) is 77.2 Å². The van der Waals surface area contributed by atoms with Crippen molar-refractivity contribution >= 4 is 0 Å². The molecule has 2 nitrogen and oxygen atoms in total. The summed E-state index contributed by atoms with van der Waals surface area (Å²) in [4.78, 5) is 0. The Morgan fingerprint density at radius 2 is 1.78 bits per heavy atom. The van der Waals surface area contributed by atoms with Gasteiger partial charge in [0.25, 0.3) is 0 Å². The molecule has 2 aliphatic rings. The van der Waals surface area contributed by atoms with Crippen LogP contribution in [0.15, 0.2) is 0 Å². The van der Waals surface area contributed by atoms with Crippen molar-refractivity contribution in [3.63, 3.8) is 0 Å². The first kappa shape index (κ1) is 14.3. The van der Waals surface area contributed by atoms with Gasteiger partial charge in [0.15, 0.2) is 0 Å². The number of hydrogen-bond acceptors (Lipinski definition) is 2. The zero-order valence-corrected chi connectivity index (χ0v) is 12.0. The number of aliphatic hydroxyl groups excluding tert-OH is 1. The molecule has 2 rings (SSSR count). The largest absolute Gasteiger partial charge is 0.392 e. The van der Waals surface area contributed by atoms with Gasteiger partial charge in [0.2, 0.25) is 0 Å². The quantitative estimate of drug-likeness (QED) is 0.788. The molecule has 0 aromatic carbocycles. The van der Waals surface area contributed by atoms with Crippen LogP contribution in [-0.4, -0.2) is 17.8 Å². The third kappa shape index (κ3) is 2.91. The summed E-state index contributed by atoms with van der Waals surface area (Å²) in [5.74, 6) is 1.43. The summed E-state index contributed by atoms with van der Waals surface area (Å²) in [6.45, 7) is 2.96. The first-order valence-electron chi connectivity index (χ1n) is 8.10. The Labute approximate surface area is 112 Å². The van der Waals surface area contributed by atoms with Gasteiger partial charge < -0.3 is 10.8 Å². The Hall–Kier alpha value is -0.0800. The molecule has 106 valence electrons. The molecule has 0 spiro atoms. The average molecular weight is 253 g/mol. The van der Waals surface area contributed by atoms with E-state index in [1.807, 2.05) is 0 Å². The van der Waals surface area contributed by atoms with Gasteiger partial charge >= 0.3 is 0 Å². The molecule has 0 amide bonds. The van der Waals surface area contributed by atoms with E-state index in [0.29, 0.717) is 12.5 Å². The van der Waals surface area contributed by atoms with Crippen molar-refractivity contribution in [2.75, 3.05) is 6.54 Å². The van der Waals surface area contributed by atoms with Crippen LogP contribution in [0, 0.1) is 17.3 Å². The van der Waals surface area contributed by atoms with Gasteiger partial charge in [-0.25, -0.2) is 0 Å². The lowest BCUT2D eigenvalue weighted by Gasteiger charge is -2.45. The zero-order valence-electron chi connectivity index (χ0n) is 12.0. The number of nitrogens with two attached hydrogens (primary N) is 1. The van der Waals surface area contributed by atoms with Crippen LogP contribution >= 0.6 is 0 Å². The van der Waals surface area contributed by atoms with Gasteiger partial charge in [-0.1, -0.05) is 32.6 Å². The van der Waals surface area contributed by atoms with Crippen LogP contribution in [0.5, 0.6) is 0 Å². The lowest BCUT2D eigenvalue weighted by molar-refractivity contribution is -0.0435. The highest BCUT2D eigenvalue weighted by molar-refractivity contribution is 4.95. The third-order valence-electron chi connectivity index (χ3n) is 5.68. The number of hydrogen-bond donors (Lipinski definition) is 2. The molecule has 1 atom stereocenters. The van der Waals surface area contributed by atoms with E-state index in [4.69, 9.17) is 5.73 Å². The summed E-state index contributed by atoms with van der Waals surface area (Å²) in [5, 5.41) is 10.8. The van der Waals surface area contributed by atoms with Crippen LogP contribution in [0.2, 0.25) is 0 Å². The zero-order chi connectivity index (χ0) is 13.0. The van der Waals surface area contributed by atoms with Crippen molar-refractivity contribution in [1.29, 1.82) is 0 Å². The van der Waals surface area contributed by atoms with E-state index < -0.39 is 0 Å². The highest BCUT2D eigenvalue weighted by atomic mass is 16.3. The molecule has 1 unspecified atom stereocenters. The molecule has 0 aliphatic heterocycles. The normalized spacial score (nSPS) is 35.8. The summed E-state index contributed by atoms with van der Waals surface area (Å²) in [6.07, 6.45) is 12.5. The van der Waals surface area contributed by atoms with E-state index >= 15 is 0 Å². The van der Waals surface area contributed by atoms with Crippen molar-refractivity contribution in [3.8, 4) is 0 Å². The molecule has 0 saturated heterocycles. The van der Waals surface area contributed by atoms with Gasteiger partial charge in [0.05, 0.1) is 6.10 Å². The first-order valence-corrected chi connectivity index (χ1v) is 8.10. The van der Waals surface area contributed by atoms with Gasteiger partial charge in [-0.3, -0.25) is 0 Å². The summed E-state index contributed by atoms with van der Waals surface area (Å²) < 4.78 is 0. The summed E-state index contributed by atoms with van der Waals surface area (Å²) in [5.41, 5.74) is 6.12. The number of rotatable bonds is 5. The molecule has 2 saturated carbocycles. The van der Waals surface area contributed by atoms with Crippen molar-refractivity contribution < 1.29 is 5.11 Å². The molecule has 0 bridgehead atoms. The molecule has 0 aromatic heterocycles. The Kier molecular flexibility index (Phi) is 5.08. The Balaban J connectivity index is 1.94. The van der Waals surface area contributed by atoms with E-state index in [1.165, 1.54) is 51.4 Å². The monoisotopic (exact) mass is 253 g/mol. The van der Waals surface area contributed by atoms with Crippen LogP contribution in [0.4, 0.5) is 0 Å². The van der Waals surface area contributed by atoms with E-state index in [-0.39, 0.29) is 11.5 Å². The molecule has 0 aromatic rings. The highest BCUT2D eigenvalue weighted by Gasteiger charge is 2.43. The first-order chi connectivity index (χ1) is 8.72. The van der Waals surface area contributed by atoms with E-state index in [2.05, 4.69) is 6.92 Å². The van der Waals surface area contributed by atoms with Gasteiger partial charge in [-0.2, -0.15) is 0 Å². The minimum atomic E-state index is -0.132. The molecule has 0 radical (unpaired) electrons. The fourth-order valence-electron chi connectivity index (χ4n) is 4.34. The highest BCUT2D eigenvalue weighted by Crippen LogP contribution is 2.46. The predicted octanol–water partition coefficient (Wildman–Crippen LogP) is 3.47. The van der Waals surface area contributed by atoms with Crippen LogP contribution in [0.3, 0.4) is 0 Å². The summed E-state index contributed by atoms with van der Waals surface area (Å²) >= 11 is 0. The Bertz CT molecular complexity index is 239. The molecule has 0 heterocycles. The van der Waals surface area contributed by atoms with Crippen molar-refractivity contribution in [3.05, 3.63) is 0 Å². The van der Waals surface area contributed by atoms with Crippen LogP contribution < -0.4 is 5.73 Å². The van der Waals surface area contributed by atoms with E-state index in [1.54, 1.807) is 0 Å². The van der Waals surface area contributed by atoms with Gasteiger partial charge in [-0.15, -0.1) is 0 Å². The SMILES string of the molecule is CCCC1CCC(CN)(C(O)C2CCCC2)CC1. The fourth-order valence-corrected chi connectivity index (χ4v) is 4.34. The summed E-state index contributed by atoms with van der Waals surface area (Å²) in [7, 11) is 0. The van der Waals surface area contributed by atoms with Gasteiger partial charge in [-0.05, 0) is 50.4 Å². The van der Waals surface area contributed by atoms with Crippen LogP contribution in [0.1, 0.15) is 71.1 Å². The molecule has 2 fully saturated rings. The van der Waals surface area contributed by atoms with Gasteiger partial charge in [0.1, 0.15) is 0 Å². The summed E-state index contributed by atoms with van der Waals surface area (Å²) in [6, 6.07) is 0. The fraction of sp³-hybridized carbons (Fsp3) is 1.00. The smallest absolute Gasteiger partial charge is 0.0636 e. The minimum absolute atomic E-state index is 0.0548. The van der Waals surface area contributed by atoms with Crippen molar-refractivity contribution in [2.24, 2.45) is 23.0 Å². The van der Waals surface area contributed by atoms with E-state index in [9.17, 15) is 5.11 Å². The minimum Gasteiger partial charge on any atom is -0.392 e. The number of aliphatic hydroxyl groups is 1. The Morgan fingerprint density at radius 3 is 2.28 bits per heavy atom. The Morgan fingerprint density at radius 1 is 1.17 bits per heavy atom. The van der Waals surface area contributed by atoms with Gasteiger partial charge in [0, 0.05) is 12.0 Å². The second-order valence-electron chi connectivity index (χ2n) is 6.79. The lowest BCUT2D eigenvalue weighted by atomic mass is 9.64.